The van der Waals surface area contributed by atoms with Crippen LogP contribution in [0.25, 0.3) is 10.9 Å². The summed E-state index contributed by atoms with van der Waals surface area (Å²) in [6.07, 6.45) is -0.295. The van der Waals surface area contributed by atoms with Crippen LogP contribution in [0.1, 0.15) is 26.5 Å². The van der Waals surface area contributed by atoms with E-state index < -0.39 is 11.9 Å². The molecule has 3 rings (SSSR count). The minimum atomic E-state index is -1.05. The molecular formula is C17H11ClN2O4S. The van der Waals surface area contributed by atoms with Gasteiger partial charge in [0.25, 0.3) is 5.91 Å². The number of aliphatic carboxylic acids is 1. The van der Waals surface area contributed by atoms with Crippen LogP contribution in [0.15, 0.2) is 23.6 Å². The first-order valence-corrected chi connectivity index (χ1v) is 8.36. The van der Waals surface area contributed by atoms with E-state index in [1.165, 1.54) is 22.8 Å². The van der Waals surface area contributed by atoms with Crippen molar-refractivity contribution in [3.63, 3.8) is 0 Å². The Labute approximate surface area is 151 Å². The number of nitriles is 1. The van der Waals surface area contributed by atoms with Crippen molar-refractivity contribution < 1.29 is 19.8 Å². The van der Waals surface area contributed by atoms with Gasteiger partial charge in [-0.3, -0.25) is 14.2 Å². The number of nitrogens with zero attached hydrogens (tertiary/aromatic N) is 2. The van der Waals surface area contributed by atoms with E-state index >= 15 is 0 Å². The number of phenols is 1. The van der Waals surface area contributed by atoms with E-state index in [2.05, 4.69) is 0 Å². The largest absolute Gasteiger partial charge is 0.506 e. The van der Waals surface area contributed by atoms with Gasteiger partial charge >= 0.3 is 5.97 Å². The lowest BCUT2D eigenvalue weighted by Gasteiger charge is -2.06. The van der Waals surface area contributed by atoms with Crippen LogP contribution in [0.3, 0.4) is 0 Å². The molecule has 0 fully saturated rings. The van der Waals surface area contributed by atoms with Gasteiger partial charge in [-0.05, 0) is 30.7 Å². The summed E-state index contributed by atoms with van der Waals surface area (Å²) in [5, 5.41) is 30.0. The summed E-state index contributed by atoms with van der Waals surface area (Å²) in [5.41, 5.74) is 1.62. The van der Waals surface area contributed by atoms with Crippen molar-refractivity contribution >= 4 is 45.7 Å². The standard InChI is InChI=1S/C17H11ClN2O4S/c1-8-11(4-16(22)23)12-3-15(21)13(18)5-14(12)20(8)17(24)9-2-10(6-19)25-7-9/h2-3,5,7,21H,4H2,1H3,(H,22,23). The fraction of sp³-hybridized carbons (Fsp3) is 0.118. The van der Waals surface area contributed by atoms with Gasteiger partial charge < -0.3 is 10.2 Å². The SMILES string of the molecule is Cc1c(CC(=O)O)c2cc(O)c(Cl)cc2n1C(=O)c1csc(C#N)c1. The highest BCUT2D eigenvalue weighted by molar-refractivity contribution is 7.10. The summed E-state index contributed by atoms with van der Waals surface area (Å²) < 4.78 is 1.36. The van der Waals surface area contributed by atoms with Gasteiger partial charge in [-0.25, -0.2) is 0 Å². The number of halogens is 1. The number of carbonyl (C=O) groups excluding carboxylic acids is 1. The molecule has 0 atom stereocenters. The van der Waals surface area contributed by atoms with E-state index in [0.29, 0.717) is 32.6 Å². The van der Waals surface area contributed by atoms with Crippen LogP contribution in [0.5, 0.6) is 5.75 Å². The van der Waals surface area contributed by atoms with Gasteiger partial charge in [0.15, 0.2) is 0 Å². The fourth-order valence-electron chi connectivity index (χ4n) is 2.76. The van der Waals surface area contributed by atoms with Crippen LogP contribution in [0.2, 0.25) is 5.02 Å². The Balaban J connectivity index is 2.28. The quantitative estimate of drug-likeness (QED) is 0.729. The molecule has 2 heterocycles. The van der Waals surface area contributed by atoms with Gasteiger partial charge in [-0.1, -0.05) is 11.6 Å². The first kappa shape index (κ1) is 17.0. The summed E-state index contributed by atoms with van der Waals surface area (Å²) in [6, 6.07) is 6.25. The van der Waals surface area contributed by atoms with E-state index in [-0.39, 0.29) is 17.2 Å². The van der Waals surface area contributed by atoms with Crippen molar-refractivity contribution in [1.82, 2.24) is 4.57 Å². The summed E-state index contributed by atoms with van der Waals surface area (Å²) >= 11 is 7.12. The molecule has 6 nitrogen and oxygen atoms in total. The predicted molar refractivity (Wildman–Crippen MR) is 93.5 cm³/mol. The van der Waals surface area contributed by atoms with Gasteiger partial charge in [0.1, 0.15) is 16.7 Å². The summed E-state index contributed by atoms with van der Waals surface area (Å²) in [7, 11) is 0. The second-order valence-electron chi connectivity index (χ2n) is 5.41. The second-order valence-corrected chi connectivity index (χ2v) is 6.73. The summed E-state index contributed by atoms with van der Waals surface area (Å²) in [4.78, 5) is 24.5. The molecule has 0 aliphatic carbocycles. The fourth-order valence-corrected chi connectivity index (χ4v) is 3.59. The number of thiophene rings is 1. The summed E-state index contributed by atoms with van der Waals surface area (Å²) in [6.45, 7) is 1.64. The van der Waals surface area contributed by atoms with E-state index in [1.54, 1.807) is 12.3 Å². The Bertz CT molecular complexity index is 1070. The van der Waals surface area contributed by atoms with Crippen molar-refractivity contribution in [2.45, 2.75) is 13.3 Å². The molecule has 0 bridgehead atoms. The molecule has 3 aromatic rings. The third kappa shape index (κ3) is 2.86. The maximum absolute atomic E-state index is 12.9. The number of hydrogen-bond acceptors (Lipinski definition) is 5. The lowest BCUT2D eigenvalue weighted by molar-refractivity contribution is -0.136. The van der Waals surface area contributed by atoms with Crippen LogP contribution in [0, 0.1) is 18.3 Å². The maximum atomic E-state index is 12.9. The topological polar surface area (TPSA) is 103 Å². The molecule has 8 heteroatoms. The molecule has 0 radical (unpaired) electrons. The van der Waals surface area contributed by atoms with Crippen molar-refractivity contribution in [2.75, 3.05) is 0 Å². The monoisotopic (exact) mass is 374 g/mol. The molecule has 0 aliphatic rings. The average Bonchev–Trinajstić information content (AvgIpc) is 3.12. The van der Waals surface area contributed by atoms with E-state index in [1.807, 2.05) is 6.07 Å². The number of aromatic nitrogens is 1. The number of fused-ring (bicyclic) bond motifs is 1. The third-order valence-electron chi connectivity index (χ3n) is 3.89. The molecule has 0 unspecified atom stereocenters. The Morgan fingerprint density at radius 3 is 2.68 bits per heavy atom. The zero-order valence-electron chi connectivity index (χ0n) is 12.9. The highest BCUT2D eigenvalue weighted by Gasteiger charge is 2.23. The lowest BCUT2D eigenvalue weighted by atomic mass is 10.1. The molecule has 2 N–H and O–H groups in total. The first-order chi connectivity index (χ1) is 11.8. The molecule has 0 saturated heterocycles. The lowest BCUT2D eigenvalue weighted by Crippen LogP contribution is -2.13. The number of hydrogen-bond donors (Lipinski definition) is 2. The number of phenolic OH excluding ortho intramolecular Hbond substituents is 1. The molecule has 0 amide bonds. The second kappa shape index (κ2) is 6.24. The molecule has 1 aromatic carbocycles. The number of carboxylic acid groups (broad SMARTS) is 1. The number of carboxylic acids is 1. The van der Waals surface area contributed by atoms with Crippen molar-refractivity contribution in [3.05, 3.63) is 50.3 Å². The molecule has 0 aliphatic heterocycles. The number of benzene rings is 1. The van der Waals surface area contributed by atoms with Gasteiger partial charge in [-0.2, -0.15) is 5.26 Å². The van der Waals surface area contributed by atoms with Crippen molar-refractivity contribution in [3.8, 4) is 11.8 Å². The highest BCUT2D eigenvalue weighted by atomic mass is 35.5. The predicted octanol–water partition coefficient (Wildman–Crippen LogP) is 3.56. The van der Waals surface area contributed by atoms with Crippen LogP contribution >= 0.6 is 22.9 Å². The minimum absolute atomic E-state index is 0.0592. The Morgan fingerprint density at radius 1 is 1.36 bits per heavy atom. The van der Waals surface area contributed by atoms with Gasteiger partial charge in [0.05, 0.1) is 22.5 Å². The molecular weight excluding hydrogens is 364 g/mol. The maximum Gasteiger partial charge on any atom is 0.307 e. The molecule has 0 spiro atoms. The number of aromatic hydroxyl groups is 1. The molecule has 0 saturated carbocycles. The first-order valence-electron chi connectivity index (χ1n) is 7.11. The normalized spacial score (nSPS) is 10.8. The smallest absolute Gasteiger partial charge is 0.307 e. The Kier molecular flexibility index (Phi) is 4.25. The van der Waals surface area contributed by atoms with Crippen LogP contribution in [0.4, 0.5) is 0 Å². The van der Waals surface area contributed by atoms with Crippen LogP contribution in [-0.2, 0) is 11.2 Å². The van der Waals surface area contributed by atoms with Crippen molar-refractivity contribution in [2.24, 2.45) is 0 Å². The Hall–Kier alpha value is -2.82. The zero-order valence-corrected chi connectivity index (χ0v) is 14.5. The van der Waals surface area contributed by atoms with E-state index in [4.69, 9.17) is 22.0 Å². The molecule has 2 aromatic heterocycles. The number of rotatable bonds is 3. The average molecular weight is 375 g/mol. The zero-order chi connectivity index (χ0) is 18.3. The summed E-state index contributed by atoms with van der Waals surface area (Å²) in [5.74, 6) is -1.63. The molecule has 126 valence electrons. The van der Waals surface area contributed by atoms with Crippen LogP contribution < -0.4 is 0 Å². The van der Waals surface area contributed by atoms with Crippen LogP contribution in [-0.4, -0.2) is 26.7 Å². The van der Waals surface area contributed by atoms with E-state index in [0.717, 1.165) is 11.3 Å². The molecule has 25 heavy (non-hydrogen) atoms. The van der Waals surface area contributed by atoms with Gasteiger partial charge in [0.2, 0.25) is 0 Å². The minimum Gasteiger partial charge on any atom is -0.506 e. The van der Waals surface area contributed by atoms with Gasteiger partial charge in [-0.15, -0.1) is 11.3 Å². The highest BCUT2D eigenvalue weighted by Crippen LogP contribution is 2.35. The Morgan fingerprint density at radius 2 is 2.08 bits per heavy atom. The third-order valence-corrected chi connectivity index (χ3v) is 5.03. The number of carbonyl (C=O) groups is 2. The van der Waals surface area contributed by atoms with Crippen molar-refractivity contribution in [1.29, 1.82) is 5.26 Å². The van der Waals surface area contributed by atoms with E-state index in [9.17, 15) is 14.7 Å². The van der Waals surface area contributed by atoms with Gasteiger partial charge in [0, 0.05) is 16.5 Å².